The van der Waals surface area contributed by atoms with Gasteiger partial charge in [0.2, 0.25) is 0 Å². The number of hydrogen-bond acceptors (Lipinski definition) is 3. The molecule has 0 bridgehead atoms. The van der Waals surface area contributed by atoms with Crippen LogP contribution >= 0.6 is 7.37 Å². The summed E-state index contributed by atoms with van der Waals surface area (Å²) in [6, 6.07) is 6.14. The van der Waals surface area contributed by atoms with E-state index in [4.69, 9.17) is 5.11 Å². The number of aliphatic hydroxyl groups is 1. The van der Waals surface area contributed by atoms with Gasteiger partial charge in [-0.3, -0.25) is 9.36 Å². The van der Waals surface area contributed by atoms with E-state index in [0.29, 0.717) is 5.56 Å². The maximum atomic E-state index is 13.5. The van der Waals surface area contributed by atoms with E-state index in [1.54, 1.807) is 12.1 Å². The number of carboxylic acids is 1. The monoisotopic (exact) mass is 447 g/mol. The average Bonchev–Trinajstić information content (AvgIpc) is 3.00. The first-order chi connectivity index (χ1) is 14.6. The molecule has 0 saturated heterocycles. The van der Waals surface area contributed by atoms with Crippen LogP contribution in [0.2, 0.25) is 0 Å². The highest BCUT2D eigenvalue weighted by Gasteiger charge is 2.27. The van der Waals surface area contributed by atoms with Crippen LogP contribution in [0, 0.1) is 17.4 Å². The van der Waals surface area contributed by atoms with Crippen molar-refractivity contribution in [2.45, 2.75) is 58.1 Å². The lowest BCUT2D eigenvalue weighted by molar-refractivity contribution is -0.138. The van der Waals surface area contributed by atoms with Crippen LogP contribution in [0.3, 0.4) is 0 Å². The Kier molecular flexibility index (Phi) is 7.06. The summed E-state index contributed by atoms with van der Waals surface area (Å²) in [4.78, 5) is 21.0. The molecule has 0 aliphatic carbocycles. The van der Waals surface area contributed by atoms with Crippen molar-refractivity contribution in [2.24, 2.45) is 0 Å². The Morgan fingerprint density at radius 2 is 1.94 bits per heavy atom. The van der Waals surface area contributed by atoms with Gasteiger partial charge in [-0.05, 0) is 48.5 Å². The van der Waals surface area contributed by atoms with Crippen molar-refractivity contribution in [3.05, 3.63) is 47.0 Å². The van der Waals surface area contributed by atoms with Gasteiger partial charge in [-0.2, -0.15) is 0 Å². The summed E-state index contributed by atoms with van der Waals surface area (Å²) in [7, 11) is -4.09. The van der Waals surface area contributed by atoms with Gasteiger partial charge in [-0.15, -0.1) is 0 Å². The van der Waals surface area contributed by atoms with E-state index in [-0.39, 0.29) is 11.7 Å². The van der Waals surface area contributed by atoms with Gasteiger partial charge in [0.25, 0.3) is 7.37 Å². The Bertz CT molecular complexity index is 1080. The van der Waals surface area contributed by atoms with Gasteiger partial charge in [0.15, 0.2) is 0 Å². The molecule has 1 unspecified atom stereocenters. The Morgan fingerprint density at radius 1 is 1.26 bits per heavy atom. The molecular weight excluding hydrogens is 420 g/mol. The molecule has 1 aliphatic rings. The lowest BCUT2D eigenvalue weighted by Gasteiger charge is -2.20. The molecule has 0 saturated carbocycles. The first kappa shape index (κ1) is 23.3. The topological polar surface area (TPSA) is 99.8 Å². The molecule has 0 radical (unpaired) electrons. The molecule has 3 N–H and O–H groups in total. The van der Waals surface area contributed by atoms with E-state index in [0.717, 1.165) is 48.3 Å². The maximum Gasteiger partial charge on any atom is 0.305 e. The van der Waals surface area contributed by atoms with Crippen LogP contribution in [0.25, 0.3) is 11.1 Å². The number of halogens is 1. The molecule has 2 heterocycles. The zero-order valence-corrected chi connectivity index (χ0v) is 18.5. The fraction of sp³-hybridized carbons (Fsp3) is 0.435. The van der Waals surface area contributed by atoms with Gasteiger partial charge in [0.05, 0.1) is 24.3 Å². The number of fused-ring (bicyclic) bond motifs is 1. The molecule has 0 spiro atoms. The highest BCUT2D eigenvalue weighted by molar-refractivity contribution is 7.63. The summed E-state index contributed by atoms with van der Waals surface area (Å²) < 4.78 is 28.3. The molecule has 1 aromatic heterocycles. The lowest BCUT2D eigenvalue weighted by Crippen LogP contribution is -2.17. The smallest absolute Gasteiger partial charge is 0.305 e. The fourth-order valence-corrected chi connectivity index (χ4v) is 5.24. The molecule has 0 amide bonds. The first-order valence-corrected chi connectivity index (χ1v) is 12.2. The largest absolute Gasteiger partial charge is 0.481 e. The van der Waals surface area contributed by atoms with Crippen molar-refractivity contribution in [1.29, 1.82) is 0 Å². The molecule has 8 heteroatoms. The number of aliphatic carboxylic acids is 1. The molecule has 0 fully saturated rings. The second-order valence-corrected chi connectivity index (χ2v) is 10.2. The minimum Gasteiger partial charge on any atom is -0.481 e. The minimum absolute atomic E-state index is 0.103. The third-order valence-corrected chi connectivity index (χ3v) is 6.74. The Morgan fingerprint density at radius 3 is 2.55 bits per heavy atom. The van der Waals surface area contributed by atoms with E-state index in [9.17, 15) is 23.7 Å². The molecule has 166 valence electrons. The van der Waals surface area contributed by atoms with Crippen molar-refractivity contribution < 1.29 is 28.9 Å². The number of carbonyl (C=O) groups is 1. The molecule has 31 heavy (non-hydrogen) atoms. The highest BCUT2D eigenvalue weighted by atomic mass is 31.2. The van der Waals surface area contributed by atoms with E-state index < -0.39 is 32.0 Å². The van der Waals surface area contributed by atoms with Crippen LogP contribution in [0.1, 0.15) is 56.0 Å². The van der Waals surface area contributed by atoms with Gasteiger partial charge in [0, 0.05) is 23.5 Å². The van der Waals surface area contributed by atoms with E-state index in [2.05, 4.69) is 16.1 Å². The number of benzene rings is 1. The van der Waals surface area contributed by atoms with Crippen LogP contribution in [-0.2, 0) is 22.3 Å². The molecule has 3 rings (SSSR count). The average molecular weight is 447 g/mol. The third-order valence-electron chi connectivity index (χ3n) is 5.36. The number of rotatable bonds is 6. The second-order valence-electron chi connectivity index (χ2n) is 8.22. The quantitative estimate of drug-likeness (QED) is 0.456. The zero-order chi connectivity index (χ0) is 22.8. The predicted molar refractivity (Wildman–Crippen MR) is 117 cm³/mol. The van der Waals surface area contributed by atoms with Crippen molar-refractivity contribution in [3.63, 3.8) is 0 Å². The summed E-state index contributed by atoms with van der Waals surface area (Å²) >= 11 is 0. The number of nitrogens with zero attached hydrogens (tertiary/aromatic N) is 1. The summed E-state index contributed by atoms with van der Waals surface area (Å²) in [5.41, 5.74) is 6.76. The van der Waals surface area contributed by atoms with E-state index >= 15 is 0 Å². The van der Waals surface area contributed by atoms with Crippen LogP contribution < -0.4 is 0 Å². The predicted octanol–water partition coefficient (Wildman–Crippen LogP) is 4.17. The summed E-state index contributed by atoms with van der Waals surface area (Å²) in [5.74, 6) is 1.40. The molecule has 6 nitrogen and oxygen atoms in total. The van der Waals surface area contributed by atoms with Crippen molar-refractivity contribution in [3.8, 4) is 22.7 Å². The Balaban J connectivity index is 2.12. The maximum absolute atomic E-state index is 13.5. The molecule has 1 aliphatic heterocycles. The van der Waals surface area contributed by atoms with Gasteiger partial charge in [-0.25, -0.2) is 4.39 Å². The van der Waals surface area contributed by atoms with Crippen molar-refractivity contribution in [2.75, 3.05) is 6.16 Å². The fourth-order valence-electron chi connectivity index (χ4n) is 4.16. The van der Waals surface area contributed by atoms with Crippen molar-refractivity contribution >= 4 is 13.3 Å². The van der Waals surface area contributed by atoms with Gasteiger partial charge >= 0.3 is 5.97 Å². The van der Waals surface area contributed by atoms with Gasteiger partial charge in [0.1, 0.15) is 5.82 Å². The minimum atomic E-state index is -4.09. The second kappa shape index (κ2) is 9.40. The number of carboxylic acid groups (broad SMARTS) is 1. The standard InChI is InChI=1S/C23H27FNO5P/c1-15(2)23-19(10-12-31(29,30)14-18(26)13-21(27)28)22(16-6-8-17(24)9-7-16)20-5-3-4-11-25(20)23/h6-9,15,18,26H,3-5,11,13-14H2,1-2H3,(H,27,28)(H,29,30)/t18-/m0/s1. The van der Waals surface area contributed by atoms with Crippen molar-refractivity contribution in [1.82, 2.24) is 4.57 Å². The van der Waals surface area contributed by atoms with E-state index in [1.165, 1.54) is 12.1 Å². The third kappa shape index (κ3) is 5.46. The van der Waals surface area contributed by atoms with Gasteiger partial charge in [-0.1, -0.05) is 31.9 Å². The molecular formula is C23H27FNO5P. The Hall–Kier alpha value is -2.39. The van der Waals surface area contributed by atoms with E-state index in [1.807, 2.05) is 13.8 Å². The van der Waals surface area contributed by atoms with Crippen LogP contribution in [-0.4, -0.2) is 37.9 Å². The first-order valence-electron chi connectivity index (χ1n) is 10.3. The SMILES string of the molecule is CC(C)c1c(C#CP(=O)(O)C[C@@H](O)CC(=O)O)c(-c2ccc(F)cc2)c2n1CCCC2. The molecule has 1 aromatic carbocycles. The highest BCUT2D eigenvalue weighted by Crippen LogP contribution is 2.42. The molecule has 2 aromatic rings. The Labute approximate surface area is 181 Å². The van der Waals surface area contributed by atoms with Crippen LogP contribution in [0.15, 0.2) is 24.3 Å². The number of hydrogen-bond donors (Lipinski definition) is 3. The van der Waals surface area contributed by atoms with Crippen LogP contribution in [0.4, 0.5) is 4.39 Å². The molecule has 2 atom stereocenters. The van der Waals surface area contributed by atoms with Crippen LogP contribution in [0.5, 0.6) is 0 Å². The lowest BCUT2D eigenvalue weighted by atomic mass is 9.96. The number of aliphatic hydroxyl groups excluding tert-OH is 1. The normalized spacial score (nSPS) is 16.2. The zero-order valence-electron chi connectivity index (χ0n) is 17.6. The summed E-state index contributed by atoms with van der Waals surface area (Å²) in [5, 5.41) is 18.5. The van der Waals surface area contributed by atoms with Gasteiger partial charge < -0.3 is 19.7 Å². The summed E-state index contributed by atoms with van der Waals surface area (Å²) in [6.07, 6.45) is 0.195. The summed E-state index contributed by atoms with van der Waals surface area (Å²) in [6.45, 7) is 4.89. The number of aromatic nitrogens is 1.